The van der Waals surface area contributed by atoms with Gasteiger partial charge >= 0.3 is 0 Å². The van der Waals surface area contributed by atoms with Gasteiger partial charge in [-0.3, -0.25) is 4.90 Å². The Morgan fingerprint density at radius 2 is 1.88 bits per heavy atom. The summed E-state index contributed by atoms with van der Waals surface area (Å²) < 4.78 is 26.3. The molecule has 1 heterocycles. The lowest BCUT2D eigenvalue weighted by atomic mass is 10.1. The van der Waals surface area contributed by atoms with Gasteiger partial charge in [-0.2, -0.15) is 0 Å². The Bertz CT molecular complexity index is 384. The van der Waals surface area contributed by atoms with Crippen molar-refractivity contribution in [2.75, 3.05) is 19.6 Å². The van der Waals surface area contributed by atoms with Crippen molar-refractivity contribution in [3.63, 3.8) is 0 Å². The highest BCUT2D eigenvalue weighted by Gasteiger charge is 2.37. The van der Waals surface area contributed by atoms with E-state index in [0.717, 1.165) is 38.8 Å². The van der Waals surface area contributed by atoms with Gasteiger partial charge < -0.3 is 5.73 Å². The molecule has 1 saturated heterocycles. The molecule has 7 heteroatoms. The van der Waals surface area contributed by atoms with Crippen molar-refractivity contribution in [3.05, 3.63) is 0 Å². The van der Waals surface area contributed by atoms with E-state index in [2.05, 4.69) is 9.62 Å². The molecule has 0 amide bonds. The number of hydrogen-bond donors (Lipinski definition) is 2. The van der Waals surface area contributed by atoms with Crippen molar-refractivity contribution >= 4 is 27.2 Å². The first-order chi connectivity index (χ1) is 7.97. The van der Waals surface area contributed by atoms with Crippen LogP contribution in [0.15, 0.2) is 0 Å². The largest absolute Gasteiger partial charge is 0.392 e. The summed E-state index contributed by atoms with van der Waals surface area (Å²) >= 11 is 4.86. The summed E-state index contributed by atoms with van der Waals surface area (Å²) in [4.78, 5) is 2.67. The van der Waals surface area contributed by atoms with E-state index in [4.69, 9.17) is 18.0 Å². The van der Waals surface area contributed by atoms with Crippen LogP contribution in [0.4, 0.5) is 0 Å². The molecule has 1 aliphatic carbocycles. The molecule has 98 valence electrons. The first-order valence-corrected chi connectivity index (χ1v) is 7.94. The summed E-state index contributed by atoms with van der Waals surface area (Å²) in [6.45, 7) is 2.35. The second kappa shape index (κ2) is 5.17. The Morgan fingerprint density at radius 3 is 2.35 bits per heavy atom. The van der Waals surface area contributed by atoms with E-state index in [9.17, 15) is 8.42 Å². The van der Waals surface area contributed by atoms with E-state index in [1.165, 1.54) is 0 Å². The van der Waals surface area contributed by atoms with Gasteiger partial charge in [0.05, 0.1) is 10.2 Å². The molecule has 2 rings (SSSR count). The number of piperidine rings is 1. The highest BCUT2D eigenvalue weighted by Crippen LogP contribution is 2.28. The quantitative estimate of drug-likeness (QED) is 0.682. The maximum Gasteiger partial charge on any atom is 0.214 e. The van der Waals surface area contributed by atoms with Crippen LogP contribution in [-0.2, 0) is 10.0 Å². The van der Waals surface area contributed by atoms with Crippen LogP contribution in [0.5, 0.6) is 0 Å². The van der Waals surface area contributed by atoms with Crippen molar-refractivity contribution in [3.8, 4) is 0 Å². The van der Waals surface area contributed by atoms with Gasteiger partial charge in [-0.15, -0.1) is 0 Å². The fraction of sp³-hybridized carbons (Fsp3) is 0.900. The fourth-order valence-corrected chi connectivity index (χ4v) is 3.97. The van der Waals surface area contributed by atoms with Gasteiger partial charge in [0.25, 0.3) is 0 Å². The lowest BCUT2D eigenvalue weighted by molar-refractivity contribution is 0.232. The van der Waals surface area contributed by atoms with E-state index < -0.39 is 10.0 Å². The van der Waals surface area contributed by atoms with Crippen LogP contribution >= 0.6 is 12.2 Å². The van der Waals surface area contributed by atoms with Gasteiger partial charge in [-0.1, -0.05) is 12.2 Å². The number of thiocarbonyl (C=S) groups is 1. The fourth-order valence-electron chi connectivity index (χ4n) is 2.14. The molecule has 0 aromatic rings. The van der Waals surface area contributed by atoms with Crippen molar-refractivity contribution in [1.82, 2.24) is 9.62 Å². The van der Waals surface area contributed by atoms with Crippen LogP contribution in [-0.4, -0.2) is 49.2 Å². The molecular weight excluding hydrogens is 258 g/mol. The first kappa shape index (κ1) is 13.2. The molecule has 17 heavy (non-hydrogen) atoms. The van der Waals surface area contributed by atoms with Gasteiger partial charge in [0.2, 0.25) is 10.0 Å². The van der Waals surface area contributed by atoms with Crippen molar-refractivity contribution in [2.45, 2.75) is 37.0 Å². The zero-order chi connectivity index (χ0) is 12.5. The van der Waals surface area contributed by atoms with Crippen molar-refractivity contribution < 1.29 is 8.42 Å². The van der Waals surface area contributed by atoms with Gasteiger partial charge in [0.1, 0.15) is 0 Å². The highest BCUT2D eigenvalue weighted by molar-refractivity contribution is 7.90. The lowest BCUT2D eigenvalue weighted by Crippen LogP contribution is -2.47. The van der Waals surface area contributed by atoms with Gasteiger partial charge in [-0.05, 0) is 25.7 Å². The molecule has 5 nitrogen and oxygen atoms in total. The topological polar surface area (TPSA) is 75.4 Å². The maximum absolute atomic E-state index is 11.8. The van der Waals surface area contributed by atoms with Gasteiger partial charge in [0, 0.05) is 25.7 Å². The minimum atomic E-state index is -3.05. The molecule has 0 radical (unpaired) electrons. The predicted molar refractivity (Wildman–Crippen MR) is 71.3 cm³/mol. The third-order valence-electron chi connectivity index (χ3n) is 3.26. The SMILES string of the molecule is NC(=S)CN1CCC(NS(=O)(=O)C2CC2)CC1. The maximum atomic E-state index is 11.8. The minimum Gasteiger partial charge on any atom is -0.392 e. The van der Waals surface area contributed by atoms with E-state index >= 15 is 0 Å². The zero-order valence-electron chi connectivity index (χ0n) is 9.76. The Kier molecular flexibility index (Phi) is 4.02. The number of nitrogens with zero attached hydrogens (tertiary/aromatic N) is 1. The Morgan fingerprint density at radius 1 is 1.29 bits per heavy atom. The molecule has 0 bridgehead atoms. The normalized spacial score (nSPS) is 23.8. The van der Waals surface area contributed by atoms with Crippen LogP contribution in [0, 0.1) is 0 Å². The van der Waals surface area contributed by atoms with Gasteiger partial charge in [0.15, 0.2) is 0 Å². The predicted octanol–water partition coefficient (Wildman–Crippen LogP) is -0.181. The lowest BCUT2D eigenvalue weighted by Gasteiger charge is -2.31. The second-order valence-electron chi connectivity index (χ2n) is 4.88. The highest BCUT2D eigenvalue weighted by atomic mass is 32.2. The van der Waals surface area contributed by atoms with Crippen molar-refractivity contribution in [2.24, 2.45) is 5.73 Å². The van der Waals surface area contributed by atoms with Crippen LogP contribution in [0.2, 0.25) is 0 Å². The molecular formula is C10H19N3O2S2. The second-order valence-corrected chi connectivity index (χ2v) is 7.40. The molecule has 3 N–H and O–H groups in total. The molecule has 2 fully saturated rings. The third-order valence-corrected chi connectivity index (χ3v) is 5.40. The van der Waals surface area contributed by atoms with E-state index in [1.807, 2.05) is 0 Å². The summed E-state index contributed by atoms with van der Waals surface area (Å²) in [6.07, 6.45) is 3.31. The van der Waals surface area contributed by atoms with E-state index in [0.29, 0.717) is 11.5 Å². The minimum absolute atomic E-state index is 0.0863. The van der Waals surface area contributed by atoms with Gasteiger partial charge in [-0.25, -0.2) is 13.1 Å². The standard InChI is InChI=1S/C10H19N3O2S2/c11-10(16)7-13-5-3-8(4-6-13)12-17(14,15)9-1-2-9/h8-9,12H,1-7H2,(H2,11,16). The average Bonchev–Trinajstić information content (AvgIpc) is 3.03. The number of rotatable bonds is 5. The monoisotopic (exact) mass is 277 g/mol. The van der Waals surface area contributed by atoms with Crippen LogP contribution in [0.3, 0.4) is 0 Å². The number of likely N-dealkylation sites (tertiary alicyclic amines) is 1. The molecule has 1 saturated carbocycles. The smallest absolute Gasteiger partial charge is 0.214 e. The summed E-state index contributed by atoms with van der Waals surface area (Å²) in [5.74, 6) is 0. The Labute approximate surface area is 108 Å². The van der Waals surface area contributed by atoms with Crippen LogP contribution in [0.25, 0.3) is 0 Å². The van der Waals surface area contributed by atoms with E-state index in [1.54, 1.807) is 0 Å². The zero-order valence-corrected chi connectivity index (χ0v) is 11.4. The molecule has 1 aliphatic heterocycles. The van der Waals surface area contributed by atoms with Crippen molar-refractivity contribution in [1.29, 1.82) is 0 Å². The third kappa shape index (κ3) is 3.87. The first-order valence-electron chi connectivity index (χ1n) is 5.99. The molecule has 0 atom stereocenters. The number of nitrogens with one attached hydrogen (secondary N) is 1. The van der Waals surface area contributed by atoms with Crippen LogP contribution < -0.4 is 10.5 Å². The van der Waals surface area contributed by atoms with Crippen LogP contribution in [0.1, 0.15) is 25.7 Å². The summed E-state index contributed by atoms with van der Waals surface area (Å²) in [7, 11) is -3.05. The number of hydrogen-bond acceptors (Lipinski definition) is 4. The molecule has 0 spiro atoms. The molecule has 0 unspecified atom stereocenters. The molecule has 0 aromatic heterocycles. The number of nitrogens with two attached hydrogens (primary N) is 1. The molecule has 0 aromatic carbocycles. The van der Waals surface area contributed by atoms with E-state index in [-0.39, 0.29) is 11.3 Å². The Balaban J connectivity index is 1.77. The number of sulfonamides is 1. The summed E-state index contributed by atoms with van der Waals surface area (Å²) in [6, 6.07) is 0.0863. The summed E-state index contributed by atoms with van der Waals surface area (Å²) in [5.41, 5.74) is 5.49. The summed E-state index contributed by atoms with van der Waals surface area (Å²) in [5, 5.41) is -0.128. The average molecular weight is 277 g/mol. The Hall–Kier alpha value is -0.240. The molecule has 2 aliphatic rings.